The molecule has 0 N–H and O–H groups in total. The normalized spacial score (nSPS) is 22.6. The molecule has 0 saturated carbocycles. The summed E-state index contributed by atoms with van der Waals surface area (Å²) in [5.74, 6) is -0.235. The minimum atomic E-state index is -0.444. The third kappa shape index (κ3) is 4.49. The summed E-state index contributed by atoms with van der Waals surface area (Å²) in [5, 5.41) is 11.8. The molecule has 2 amide bonds. The quantitative estimate of drug-likeness (QED) is 0.526. The molecular weight excluding hydrogens is 404 g/mol. The molecule has 10 nitrogen and oxygen atoms in total. The van der Waals surface area contributed by atoms with Crippen molar-refractivity contribution < 1.29 is 24.0 Å². The molecule has 3 aliphatic rings. The Labute approximate surface area is 180 Å². The first-order valence-corrected chi connectivity index (χ1v) is 10.8. The maximum atomic E-state index is 13.3. The number of nitro benzene ring substituents is 1. The van der Waals surface area contributed by atoms with Crippen LogP contribution in [0.15, 0.2) is 18.2 Å². The monoisotopic (exact) mass is 432 g/mol. The van der Waals surface area contributed by atoms with E-state index in [1.807, 2.05) is 4.90 Å². The number of rotatable bonds is 4. The van der Waals surface area contributed by atoms with Crippen molar-refractivity contribution in [3.8, 4) is 0 Å². The van der Waals surface area contributed by atoms with Crippen LogP contribution in [0.25, 0.3) is 0 Å². The fourth-order valence-corrected chi connectivity index (χ4v) is 4.59. The molecule has 168 valence electrons. The van der Waals surface area contributed by atoms with E-state index >= 15 is 0 Å². The van der Waals surface area contributed by atoms with Crippen LogP contribution in [0.4, 0.5) is 11.4 Å². The van der Waals surface area contributed by atoms with Gasteiger partial charge in [0.1, 0.15) is 5.69 Å². The van der Waals surface area contributed by atoms with Gasteiger partial charge in [0.05, 0.1) is 24.2 Å². The van der Waals surface area contributed by atoms with Gasteiger partial charge in [-0.3, -0.25) is 19.7 Å². The maximum absolute atomic E-state index is 13.3. The number of ether oxygens (including phenoxy) is 2. The van der Waals surface area contributed by atoms with Crippen LogP contribution in [0.2, 0.25) is 0 Å². The summed E-state index contributed by atoms with van der Waals surface area (Å²) < 4.78 is 11.3. The van der Waals surface area contributed by atoms with E-state index in [-0.39, 0.29) is 23.5 Å². The Bertz CT molecular complexity index is 848. The molecule has 3 aliphatic heterocycles. The van der Waals surface area contributed by atoms with E-state index < -0.39 is 11.2 Å². The van der Waals surface area contributed by atoms with E-state index in [0.717, 1.165) is 19.3 Å². The van der Waals surface area contributed by atoms with Crippen molar-refractivity contribution in [3.05, 3.63) is 33.9 Å². The van der Waals surface area contributed by atoms with Crippen molar-refractivity contribution in [2.24, 2.45) is 0 Å². The van der Waals surface area contributed by atoms with Crippen LogP contribution in [-0.2, 0) is 14.3 Å². The summed E-state index contributed by atoms with van der Waals surface area (Å²) in [6.07, 6.45) is 2.23. The van der Waals surface area contributed by atoms with Gasteiger partial charge in [0, 0.05) is 51.3 Å². The zero-order valence-corrected chi connectivity index (χ0v) is 17.7. The molecular formula is C21H28N4O6. The highest BCUT2D eigenvalue weighted by atomic mass is 16.7. The number of carbonyl (C=O) groups excluding carboxylic acids is 2. The largest absolute Gasteiger partial charge is 0.362 e. The van der Waals surface area contributed by atoms with Gasteiger partial charge < -0.3 is 24.2 Å². The van der Waals surface area contributed by atoms with Crippen molar-refractivity contribution in [1.82, 2.24) is 9.80 Å². The third-order valence-electron chi connectivity index (χ3n) is 6.26. The van der Waals surface area contributed by atoms with E-state index in [4.69, 9.17) is 9.47 Å². The summed E-state index contributed by atoms with van der Waals surface area (Å²) in [6.45, 7) is 5.19. The molecule has 10 heteroatoms. The summed E-state index contributed by atoms with van der Waals surface area (Å²) in [6, 6.07) is 4.50. The Morgan fingerprint density at radius 3 is 2.42 bits per heavy atom. The minimum Gasteiger partial charge on any atom is -0.362 e. The van der Waals surface area contributed by atoms with Crippen LogP contribution in [0, 0.1) is 10.1 Å². The number of piperazine rings is 1. The van der Waals surface area contributed by atoms with E-state index in [1.54, 1.807) is 21.9 Å². The molecule has 3 saturated heterocycles. The van der Waals surface area contributed by atoms with Gasteiger partial charge >= 0.3 is 0 Å². The van der Waals surface area contributed by atoms with Crippen molar-refractivity contribution in [2.75, 3.05) is 50.8 Å². The van der Waals surface area contributed by atoms with Gasteiger partial charge in [-0.25, -0.2) is 0 Å². The van der Waals surface area contributed by atoms with E-state index in [2.05, 4.69) is 0 Å². The molecule has 0 radical (unpaired) electrons. The highest BCUT2D eigenvalue weighted by molar-refractivity contribution is 5.96. The molecule has 1 atom stereocenters. The Kier molecular flexibility index (Phi) is 6.38. The number of nitrogens with zero attached hydrogens (tertiary/aromatic N) is 4. The molecule has 1 aromatic rings. The first-order valence-electron chi connectivity index (χ1n) is 10.8. The number of benzene rings is 1. The SMILES string of the molecule is CC(=O)N1CCN(c2ccc(C(=O)N3CCCCC3C3OCCO3)cc2[N+](=O)[O-])CC1. The Hall–Kier alpha value is -2.72. The first-order chi connectivity index (χ1) is 15.0. The van der Waals surface area contributed by atoms with Gasteiger partial charge in [-0.05, 0) is 31.4 Å². The molecule has 3 heterocycles. The zero-order chi connectivity index (χ0) is 22.0. The van der Waals surface area contributed by atoms with Gasteiger partial charge in [-0.1, -0.05) is 0 Å². The number of hydrogen-bond acceptors (Lipinski definition) is 7. The molecule has 1 aromatic carbocycles. The van der Waals surface area contributed by atoms with Crippen LogP contribution in [0.3, 0.4) is 0 Å². The van der Waals surface area contributed by atoms with E-state index in [0.29, 0.717) is 57.2 Å². The molecule has 4 rings (SSSR count). The number of amides is 2. The van der Waals surface area contributed by atoms with Gasteiger partial charge in [0.2, 0.25) is 5.91 Å². The smallest absolute Gasteiger partial charge is 0.293 e. The lowest BCUT2D eigenvalue weighted by Crippen LogP contribution is -2.50. The van der Waals surface area contributed by atoms with Crippen LogP contribution < -0.4 is 4.90 Å². The Morgan fingerprint density at radius 2 is 1.77 bits per heavy atom. The minimum absolute atomic E-state index is 0.00130. The number of anilines is 1. The molecule has 0 aliphatic carbocycles. The summed E-state index contributed by atoms with van der Waals surface area (Å²) in [4.78, 5) is 41.6. The predicted molar refractivity (Wildman–Crippen MR) is 112 cm³/mol. The van der Waals surface area contributed by atoms with Gasteiger partial charge in [0.25, 0.3) is 11.6 Å². The lowest BCUT2D eigenvalue weighted by molar-refractivity contribution is -0.384. The predicted octanol–water partition coefficient (Wildman–Crippen LogP) is 1.63. The standard InChI is InChI=1S/C21H28N4O6/c1-15(26)22-8-10-23(11-9-22)17-6-5-16(14-19(17)25(28)29)20(27)24-7-3-2-4-18(24)21-30-12-13-31-21/h5-6,14,18,21H,2-4,7-13H2,1H3. The van der Waals surface area contributed by atoms with Crippen LogP contribution in [0.5, 0.6) is 0 Å². The van der Waals surface area contributed by atoms with Crippen molar-refractivity contribution in [3.63, 3.8) is 0 Å². The third-order valence-corrected chi connectivity index (χ3v) is 6.26. The Morgan fingerprint density at radius 1 is 1.06 bits per heavy atom. The zero-order valence-electron chi connectivity index (χ0n) is 17.7. The highest BCUT2D eigenvalue weighted by Crippen LogP contribution is 2.32. The average molecular weight is 432 g/mol. The van der Waals surface area contributed by atoms with E-state index in [1.165, 1.54) is 13.0 Å². The number of nitro groups is 1. The highest BCUT2D eigenvalue weighted by Gasteiger charge is 2.37. The second kappa shape index (κ2) is 9.19. The number of carbonyl (C=O) groups is 2. The fraction of sp³-hybridized carbons (Fsp3) is 0.619. The molecule has 0 bridgehead atoms. The lowest BCUT2D eigenvalue weighted by Gasteiger charge is -2.38. The molecule has 1 unspecified atom stereocenters. The van der Waals surface area contributed by atoms with Gasteiger partial charge in [-0.15, -0.1) is 0 Å². The average Bonchev–Trinajstić information content (AvgIpc) is 3.33. The number of piperidine rings is 1. The second-order valence-electron chi connectivity index (χ2n) is 8.13. The van der Waals surface area contributed by atoms with Crippen LogP contribution >= 0.6 is 0 Å². The Balaban J connectivity index is 1.55. The lowest BCUT2D eigenvalue weighted by atomic mass is 10.00. The molecule has 0 aromatic heterocycles. The summed E-state index contributed by atoms with van der Waals surface area (Å²) in [5.41, 5.74) is 0.675. The summed E-state index contributed by atoms with van der Waals surface area (Å²) in [7, 11) is 0. The number of likely N-dealkylation sites (tertiary alicyclic amines) is 1. The maximum Gasteiger partial charge on any atom is 0.293 e. The molecule has 31 heavy (non-hydrogen) atoms. The van der Waals surface area contributed by atoms with Gasteiger partial charge in [0.15, 0.2) is 6.29 Å². The number of hydrogen-bond donors (Lipinski definition) is 0. The fourth-order valence-electron chi connectivity index (χ4n) is 4.59. The molecule has 0 spiro atoms. The van der Waals surface area contributed by atoms with Crippen molar-refractivity contribution in [1.29, 1.82) is 0 Å². The van der Waals surface area contributed by atoms with Gasteiger partial charge in [-0.2, -0.15) is 0 Å². The second-order valence-corrected chi connectivity index (χ2v) is 8.13. The topological polar surface area (TPSA) is 105 Å². The van der Waals surface area contributed by atoms with Crippen molar-refractivity contribution in [2.45, 2.75) is 38.5 Å². The first kappa shape index (κ1) is 21.5. The van der Waals surface area contributed by atoms with Crippen LogP contribution in [-0.4, -0.2) is 84.8 Å². The summed E-state index contributed by atoms with van der Waals surface area (Å²) >= 11 is 0. The van der Waals surface area contributed by atoms with Crippen molar-refractivity contribution >= 4 is 23.2 Å². The van der Waals surface area contributed by atoms with Crippen LogP contribution in [0.1, 0.15) is 36.5 Å². The van der Waals surface area contributed by atoms with E-state index in [9.17, 15) is 19.7 Å². The molecule has 3 fully saturated rings.